The molecular formula is C3H7O2SZn. The predicted molar refractivity (Wildman–Crippen MR) is 24.4 cm³/mol. The van der Waals surface area contributed by atoms with Gasteiger partial charge in [0, 0.05) is 0 Å². The molecule has 39 valence electrons. The Balaban J connectivity index is 3.35. The van der Waals surface area contributed by atoms with Gasteiger partial charge in [0.05, 0.1) is 0 Å². The van der Waals surface area contributed by atoms with E-state index in [4.69, 9.17) is 0 Å². The molecule has 4 heteroatoms. The van der Waals surface area contributed by atoms with Crippen LogP contribution in [0, 0.1) is 0 Å². The van der Waals surface area contributed by atoms with Crippen molar-refractivity contribution in [1.82, 2.24) is 0 Å². The molecule has 0 aromatic carbocycles. The first-order valence-electron chi connectivity index (χ1n) is 2.01. The average molecular weight is 173 g/mol. The Morgan fingerprint density at radius 3 is 2.14 bits per heavy atom. The molecule has 0 aliphatic rings. The van der Waals surface area contributed by atoms with E-state index in [-0.39, 0.29) is 5.25 Å². The van der Waals surface area contributed by atoms with Crippen LogP contribution >= 0.6 is 0 Å². The molecule has 0 bridgehead atoms. The normalized spacial score (nSPS) is 15.0. The molecule has 1 unspecified atom stereocenters. The summed E-state index contributed by atoms with van der Waals surface area (Å²) < 4.78 is 15.0. The summed E-state index contributed by atoms with van der Waals surface area (Å²) in [5.41, 5.74) is 0. The summed E-state index contributed by atoms with van der Waals surface area (Å²) >= 11 is -0.366. The van der Waals surface area contributed by atoms with Gasteiger partial charge < -0.3 is 0 Å². The van der Waals surface area contributed by atoms with Crippen molar-refractivity contribution in [1.29, 1.82) is 0 Å². The van der Waals surface area contributed by atoms with Crippen molar-refractivity contribution in [3.63, 3.8) is 0 Å². The van der Waals surface area contributed by atoms with Gasteiger partial charge in [0.15, 0.2) is 0 Å². The standard InChI is InChI=1S/C3H8O2S.Zn/c1-3(2)6(4)5;/h3H,1-2H3,(H,4,5);/q;+1/p-1. The van der Waals surface area contributed by atoms with Gasteiger partial charge in [0.25, 0.3) is 0 Å². The van der Waals surface area contributed by atoms with Crippen LogP contribution in [-0.4, -0.2) is 9.46 Å². The molecule has 2 nitrogen and oxygen atoms in total. The van der Waals surface area contributed by atoms with Crippen molar-refractivity contribution < 1.29 is 25.9 Å². The molecule has 0 saturated heterocycles. The number of rotatable bonds is 2. The molecular weight excluding hydrogens is 165 g/mol. The summed E-state index contributed by atoms with van der Waals surface area (Å²) in [5.74, 6) is 0. The van der Waals surface area contributed by atoms with Gasteiger partial charge >= 0.3 is 56.1 Å². The molecule has 0 radical (unpaired) electrons. The van der Waals surface area contributed by atoms with Crippen LogP contribution in [0.3, 0.4) is 0 Å². The van der Waals surface area contributed by atoms with Crippen LogP contribution in [0.25, 0.3) is 0 Å². The van der Waals surface area contributed by atoms with Gasteiger partial charge in [-0.25, -0.2) is 0 Å². The van der Waals surface area contributed by atoms with E-state index in [1.54, 1.807) is 0 Å². The Hall–Kier alpha value is 0.733. The number of hydrogen-bond acceptors (Lipinski definition) is 2. The van der Waals surface area contributed by atoms with E-state index in [0.29, 0.717) is 18.7 Å². The summed E-state index contributed by atoms with van der Waals surface area (Å²) in [7, 11) is 0. The molecule has 0 aromatic heterocycles. The summed E-state index contributed by atoms with van der Waals surface area (Å²) in [6.45, 7) is 3.73. The van der Waals surface area contributed by atoms with E-state index in [0.717, 1.165) is 0 Å². The molecule has 1 atom stereocenters. The van der Waals surface area contributed by atoms with E-state index in [1.807, 2.05) is 13.8 Å². The van der Waals surface area contributed by atoms with Crippen LogP contribution < -0.4 is 0 Å². The second kappa shape index (κ2) is 3.70. The zero-order valence-corrected chi connectivity index (χ0v) is 8.29. The summed E-state index contributed by atoms with van der Waals surface area (Å²) in [4.78, 5) is 0. The third-order valence-electron chi connectivity index (χ3n) is 0.501. The maximum absolute atomic E-state index is 10.4. The van der Waals surface area contributed by atoms with E-state index in [1.165, 1.54) is 0 Å². The Bertz CT molecular complexity index is 73.3. The van der Waals surface area contributed by atoms with Crippen molar-refractivity contribution in [2.24, 2.45) is 0 Å². The third-order valence-corrected chi connectivity index (χ3v) is 2.97. The Kier molecular flexibility index (Phi) is 4.09. The second-order valence-electron chi connectivity index (χ2n) is 1.43. The van der Waals surface area contributed by atoms with E-state index >= 15 is 0 Å². The minimum atomic E-state index is -1.02. The topological polar surface area (TPSA) is 26.3 Å². The number of hydrogen-bond donors (Lipinski definition) is 0. The van der Waals surface area contributed by atoms with Crippen LogP contribution in [0.5, 0.6) is 0 Å². The molecule has 0 aromatic rings. The summed E-state index contributed by atoms with van der Waals surface area (Å²) in [6, 6.07) is 0. The van der Waals surface area contributed by atoms with Crippen LogP contribution in [0.2, 0.25) is 0 Å². The molecule has 0 heterocycles. The van der Waals surface area contributed by atoms with Gasteiger partial charge in [-0.1, -0.05) is 0 Å². The fraction of sp³-hybridized carbons (Fsp3) is 1.00. The third kappa shape index (κ3) is 3.33. The Labute approximate surface area is 56.4 Å². The van der Waals surface area contributed by atoms with Crippen LogP contribution in [0.15, 0.2) is 0 Å². The molecule has 0 saturated carbocycles. The van der Waals surface area contributed by atoms with Gasteiger partial charge in [0.2, 0.25) is 0 Å². The van der Waals surface area contributed by atoms with E-state index in [2.05, 4.69) is 3.01 Å². The maximum atomic E-state index is 10.4. The zero-order chi connectivity index (χ0) is 5.86. The quantitative estimate of drug-likeness (QED) is 0.569. The van der Waals surface area contributed by atoms with Crippen LogP contribution in [0.1, 0.15) is 13.8 Å². The molecule has 0 N–H and O–H groups in total. The molecule has 7 heavy (non-hydrogen) atoms. The molecule has 0 aliphatic heterocycles. The van der Waals surface area contributed by atoms with Gasteiger partial charge in [-0.15, -0.1) is 0 Å². The first kappa shape index (κ1) is 7.73. The Morgan fingerprint density at radius 1 is 1.71 bits per heavy atom. The summed E-state index contributed by atoms with van der Waals surface area (Å²) in [6.07, 6.45) is 0. The van der Waals surface area contributed by atoms with Crippen molar-refractivity contribution >= 4 is 11.1 Å². The predicted octanol–water partition coefficient (Wildman–Crippen LogP) is 0.537. The molecule has 0 aliphatic carbocycles. The zero-order valence-electron chi connectivity index (χ0n) is 4.51. The van der Waals surface area contributed by atoms with Crippen LogP contribution in [0.4, 0.5) is 0 Å². The van der Waals surface area contributed by atoms with Crippen molar-refractivity contribution in [3.8, 4) is 0 Å². The van der Waals surface area contributed by atoms with Crippen molar-refractivity contribution in [2.75, 3.05) is 0 Å². The first-order chi connectivity index (χ1) is 3.18. The molecule has 0 rings (SSSR count). The van der Waals surface area contributed by atoms with E-state index < -0.39 is 11.1 Å². The molecule has 0 amide bonds. The van der Waals surface area contributed by atoms with Crippen molar-refractivity contribution in [3.05, 3.63) is 0 Å². The minimum absolute atomic E-state index is 0.147. The summed E-state index contributed by atoms with van der Waals surface area (Å²) in [5, 5.41) is 0.147. The van der Waals surface area contributed by atoms with Gasteiger partial charge in [-0.05, 0) is 0 Å². The van der Waals surface area contributed by atoms with E-state index in [9.17, 15) is 4.21 Å². The van der Waals surface area contributed by atoms with Gasteiger partial charge in [0.1, 0.15) is 0 Å². The fourth-order valence-corrected chi connectivity index (χ4v) is 2.12. The Morgan fingerprint density at radius 2 is 2.14 bits per heavy atom. The average Bonchev–Trinajstić information content (AvgIpc) is 1.65. The second-order valence-corrected chi connectivity index (χ2v) is 4.61. The molecule has 0 spiro atoms. The first-order valence-corrected chi connectivity index (χ1v) is 4.36. The van der Waals surface area contributed by atoms with Gasteiger partial charge in [-0.2, -0.15) is 0 Å². The fourth-order valence-electron chi connectivity index (χ4n) is 0.136. The van der Waals surface area contributed by atoms with Crippen LogP contribution in [-0.2, 0) is 32.8 Å². The van der Waals surface area contributed by atoms with Crippen molar-refractivity contribution in [2.45, 2.75) is 19.1 Å². The molecule has 0 fully saturated rings. The SMILES string of the molecule is CC(C)S(=O)[O][Zn]. The monoisotopic (exact) mass is 171 g/mol. The van der Waals surface area contributed by atoms with Gasteiger partial charge in [-0.3, -0.25) is 0 Å².